The third-order valence-electron chi connectivity index (χ3n) is 10.3. The van der Waals surface area contributed by atoms with Crippen LogP contribution in [0.25, 0.3) is 0 Å². The van der Waals surface area contributed by atoms with Crippen molar-refractivity contribution >= 4 is 59.2 Å². The topological polar surface area (TPSA) is 380 Å². The second kappa shape index (κ2) is 29.2. The summed E-state index contributed by atoms with van der Waals surface area (Å²) in [6.45, 7) is 12.7. The van der Waals surface area contributed by atoms with E-state index in [1.807, 2.05) is 0 Å². The van der Waals surface area contributed by atoms with Crippen molar-refractivity contribution in [1.82, 2.24) is 42.5 Å². The Hall–Kier alpha value is -5.42. The molecule has 0 saturated carbocycles. The highest BCUT2D eigenvalue weighted by Crippen LogP contribution is 2.13. The van der Waals surface area contributed by atoms with Crippen LogP contribution in [0.15, 0.2) is 0 Å². The minimum absolute atomic E-state index is 0.00590. The van der Waals surface area contributed by atoms with Crippen molar-refractivity contribution in [2.24, 2.45) is 29.2 Å². The van der Waals surface area contributed by atoms with Crippen molar-refractivity contribution in [3.05, 3.63) is 0 Å². The largest absolute Gasteiger partial charge is 0.481 e. The number of rotatable bonds is 31. The Morgan fingerprint density at radius 2 is 1.02 bits per heavy atom. The van der Waals surface area contributed by atoms with E-state index >= 15 is 0 Å². The molecule has 1 aliphatic heterocycles. The molecule has 0 unspecified atom stereocenters. The average Bonchev–Trinajstić information content (AvgIpc) is 3.74. The number of carbonyl (C=O) groups excluding carboxylic acids is 8. The van der Waals surface area contributed by atoms with Crippen molar-refractivity contribution < 1.29 is 63.3 Å². The van der Waals surface area contributed by atoms with Gasteiger partial charge < -0.3 is 69.3 Å². The number of aliphatic hydroxyl groups excluding tert-OH is 1. The highest BCUT2D eigenvalue weighted by molar-refractivity contribution is 5.98. The van der Waals surface area contributed by atoms with Crippen LogP contribution in [0.2, 0.25) is 0 Å². The van der Waals surface area contributed by atoms with Gasteiger partial charge in [-0.2, -0.15) is 0 Å². The fourth-order valence-electron chi connectivity index (χ4n) is 7.00. The number of hydrogen-bond acceptors (Lipinski definition) is 13. The van der Waals surface area contributed by atoms with Crippen LogP contribution in [0, 0.1) is 17.8 Å². The number of aliphatic carboxylic acids is 2. The zero-order chi connectivity index (χ0) is 49.6. The predicted octanol–water partition coefficient (Wildman–Crippen LogP) is -2.40. The molecule has 23 heteroatoms. The second-order valence-corrected chi connectivity index (χ2v) is 17.9. The molecule has 8 amide bonds. The van der Waals surface area contributed by atoms with E-state index < -0.39 is 126 Å². The molecule has 23 nitrogen and oxygen atoms in total. The third-order valence-corrected chi connectivity index (χ3v) is 10.3. The van der Waals surface area contributed by atoms with Crippen molar-refractivity contribution in [2.75, 3.05) is 13.1 Å². The zero-order valence-electron chi connectivity index (χ0n) is 38.7. The Morgan fingerprint density at radius 3 is 1.40 bits per heavy atom. The van der Waals surface area contributed by atoms with Crippen molar-refractivity contribution in [3.8, 4) is 0 Å². The Labute approximate surface area is 380 Å². The van der Waals surface area contributed by atoms with Crippen LogP contribution in [0.1, 0.15) is 119 Å². The van der Waals surface area contributed by atoms with E-state index in [-0.39, 0.29) is 56.4 Å². The number of carboxylic acids is 2. The molecule has 1 fully saturated rings. The lowest BCUT2D eigenvalue weighted by Crippen LogP contribution is -2.62. The summed E-state index contributed by atoms with van der Waals surface area (Å²) in [4.78, 5) is 130. The summed E-state index contributed by atoms with van der Waals surface area (Å²) in [5, 5.41) is 50.2. The van der Waals surface area contributed by atoms with Crippen molar-refractivity contribution in [2.45, 2.75) is 174 Å². The molecule has 0 spiro atoms. The predicted molar refractivity (Wildman–Crippen MR) is 236 cm³/mol. The van der Waals surface area contributed by atoms with Gasteiger partial charge in [0.25, 0.3) is 0 Å². The molecule has 9 atom stereocenters. The standard InChI is InChI=1S/C42H74N10O13/c1-21(2)17-28(38(60)50-29(18-22(3)4)39(61)51-31(42(64)65)20-32(44)54)48-36(58)26(11-8-9-15-43)47-41(63)34(24(7)53)52-40(62)30(19-23(5)6)49-37(59)27(13-14-33(55)56)46-35(57)25-12-10-16-45-25/h21-31,34,45,53H,8-20,43H2,1-7H3,(H2,44,54)(H,46,57)(H,47,63)(H,48,58)(H,49,59)(H,50,60)(H,51,61)(H,52,62)(H,55,56)(H,64,65)/t24-,25+,26+,27+,28+,29+,30+,31+,34+/m1/s1. The number of nitrogens with one attached hydrogen (secondary N) is 8. The smallest absolute Gasteiger partial charge is 0.326 e. The van der Waals surface area contributed by atoms with Gasteiger partial charge in [-0.05, 0) is 95.6 Å². The minimum Gasteiger partial charge on any atom is -0.481 e. The van der Waals surface area contributed by atoms with Crippen LogP contribution in [0.4, 0.5) is 0 Å². The van der Waals surface area contributed by atoms with Gasteiger partial charge in [0.15, 0.2) is 0 Å². The minimum atomic E-state index is -1.68. The number of hydrogen-bond donors (Lipinski definition) is 13. The molecular formula is C42H74N10O13. The first kappa shape index (κ1) is 57.6. The number of primary amides is 1. The molecule has 0 aliphatic carbocycles. The summed E-state index contributed by atoms with van der Waals surface area (Å²) < 4.78 is 0. The lowest BCUT2D eigenvalue weighted by Gasteiger charge is -2.29. The molecule has 1 saturated heterocycles. The lowest BCUT2D eigenvalue weighted by molar-refractivity contribution is -0.144. The molecule has 15 N–H and O–H groups in total. The van der Waals surface area contributed by atoms with Crippen LogP contribution in [0.5, 0.6) is 0 Å². The molecule has 65 heavy (non-hydrogen) atoms. The van der Waals surface area contributed by atoms with Crippen LogP contribution < -0.4 is 54.0 Å². The molecule has 1 aliphatic rings. The van der Waals surface area contributed by atoms with E-state index in [0.717, 1.165) is 6.42 Å². The first-order valence-electron chi connectivity index (χ1n) is 22.3. The van der Waals surface area contributed by atoms with E-state index in [1.54, 1.807) is 41.5 Å². The molecule has 0 radical (unpaired) electrons. The average molecular weight is 927 g/mol. The van der Waals surface area contributed by atoms with Gasteiger partial charge in [0.1, 0.15) is 42.3 Å². The molecule has 1 rings (SSSR count). The van der Waals surface area contributed by atoms with Gasteiger partial charge in [-0.15, -0.1) is 0 Å². The maximum absolute atomic E-state index is 14.0. The number of carboxylic acid groups (broad SMARTS) is 2. The van der Waals surface area contributed by atoms with Gasteiger partial charge in [0, 0.05) is 6.42 Å². The zero-order valence-corrected chi connectivity index (χ0v) is 38.7. The number of unbranched alkanes of at least 4 members (excludes halogenated alkanes) is 1. The second-order valence-electron chi connectivity index (χ2n) is 17.9. The van der Waals surface area contributed by atoms with Crippen LogP contribution >= 0.6 is 0 Å². The number of carbonyl (C=O) groups is 10. The normalized spacial score (nSPS) is 17.3. The van der Waals surface area contributed by atoms with Gasteiger partial charge >= 0.3 is 11.9 Å². The molecule has 0 aromatic carbocycles. The van der Waals surface area contributed by atoms with E-state index in [0.29, 0.717) is 25.8 Å². The Balaban J connectivity index is 3.36. The Morgan fingerprint density at radius 1 is 0.585 bits per heavy atom. The van der Waals surface area contributed by atoms with Gasteiger partial charge in [-0.3, -0.25) is 43.2 Å². The fraction of sp³-hybridized carbons (Fsp3) is 0.762. The van der Waals surface area contributed by atoms with Crippen LogP contribution in [-0.4, -0.2) is 142 Å². The quantitative estimate of drug-likeness (QED) is 0.0323. The van der Waals surface area contributed by atoms with E-state index in [1.165, 1.54) is 6.92 Å². The van der Waals surface area contributed by atoms with Gasteiger partial charge in [0.2, 0.25) is 47.3 Å². The van der Waals surface area contributed by atoms with Gasteiger partial charge in [0.05, 0.1) is 18.6 Å². The summed E-state index contributed by atoms with van der Waals surface area (Å²) in [6, 6.07) is -10.4. The maximum atomic E-state index is 14.0. The van der Waals surface area contributed by atoms with Gasteiger partial charge in [-0.25, -0.2) is 4.79 Å². The Kier molecular flexibility index (Phi) is 25.9. The summed E-state index contributed by atoms with van der Waals surface area (Å²) in [5.74, 6) is -10.0. The third kappa shape index (κ3) is 22.4. The molecule has 0 bridgehead atoms. The summed E-state index contributed by atoms with van der Waals surface area (Å²) >= 11 is 0. The Bertz CT molecular complexity index is 1640. The summed E-state index contributed by atoms with van der Waals surface area (Å²) in [6.07, 6.45) is -0.821. The molecule has 0 aromatic heterocycles. The van der Waals surface area contributed by atoms with Gasteiger partial charge in [-0.1, -0.05) is 41.5 Å². The van der Waals surface area contributed by atoms with Crippen molar-refractivity contribution in [3.63, 3.8) is 0 Å². The molecule has 0 aromatic rings. The van der Waals surface area contributed by atoms with E-state index in [9.17, 15) is 63.3 Å². The van der Waals surface area contributed by atoms with Crippen molar-refractivity contribution in [1.29, 1.82) is 0 Å². The SMILES string of the molecule is CC(C)C[C@H](NC(=O)[C@H](CC(C)C)NC(=O)[C@H](CCCCN)NC(=O)[C@@H](NC(=O)[C@H](CC(C)C)NC(=O)[C@H](CCC(=O)O)NC(=O)[C@@H]1CCCN1)[C@@H](C)O)C(=O)N[C@@H](CC(N)=O)C(=O)O. The maximum Gasteiger partial charge on any atom is 0.326 e. The van der Waals surface area contributed by atoms with Crippen LogP contribution in [0.3, 0.4) is 0 Å². The first-order valence-corrected chi connectivity index (χ1v) is 22.3. The lowest BCUT2D eigenvalue weighted by atomic mass is 9.99. The molecular weight excluding hydrogens is 853 g/mol. The highest BCUT2D eigenvalue weighted by atomic mass is 16.4. The summed E-state index contributed by atoms with van der Waals surface area (Å²) in [7, 11) is 0. The number of nitrogens with two attached hydrogens (primary N) is 2. The molecule has 370 valence electrons. The number of aliphatic hydroxyl groups is 1. The van der Waals surface area contributed by atoms with E-state index in [4.69, 9.17) is 11.5 Å². The first-order chi connectivity index (χ1) is 30.4. The fourth-order valence-corrected chi connectivity index (χ4v) is 7.00. The summed E-state index contributed by atoms with van der Waals surface area (Å²) in [5.41, 5.74) is 10.8. The van der Waals surface area contributed by atoms with E-state index in [2.05, 4.69) is 42.5 Å². The monoisotopic (exact) mass is 927 g/mol. The molecule has 1 heterocycles. The highest BCUT2D eigenvalue weighted by Gasteiger charge is 2.36. The number of amides is 8. The van der Waals surface area contributed by atoms with Crippen LogP contribution in [-0.2, 0) is 47.9 Å².